The van der Waals surface area contributed by atoms with Crippen molar-refractivity contribution in [1.82, 2.24) is 15.0 Å². The van der Waals surface area contributed by atoms with Crippen LogP contribution in [0.2, 0.25) is 5.02 Å². The van der Waals surface area contributed by atoms with Crippen LogP contribution in [0.3, 0.4) is 0 Å². The average molecular weight is 517 g/mol. The van der Waals surface area contributed by atoms with E-state index in [0.29, 0.717) is 0 Å². The largest absolute Gasteiger partial charge is 0.351 e. The first-order valence-corrected chi connectivity index (χ1v) is 12.3. The van der Waals surface area contributed by atoms with Gasteiger partial charge in [0, 0.05) is 35.5 Å². The second kappa shape index (κ2) is 9.16. The predicted molar refractivity (Wildman–Crippen MR) is 117 cm³/mol. The number of pyridine rings is 1. The van der Waals surface area contributed by atoms with Crippen LogP contribution in [0, 0.1) is 5.82 Å². The molecule has 1 saturated heterocycles. The zero-order valence-electron chi connectivity index (χ0n) is 17.5. The minimum Gasteiger partial charge on any atom is -0.351 e. The van der Waals surface area contributed by atoms with Crippen LogP contribution in [0.25, 0.3) is 0 Å². The summed E-state index contributed by atoms with van der Waals surface area (Å²) in [5.41, 5.74) is 0.0151. The van der Waals surface area contributed by atoms with Crippen molar-refractivity contribution in [2.24, 2.45) is 0 Å². The van der Waals surface area contributed by atoms with Gasteiger partial charge >= 0.3 is 0 Å². The molecular formula is C21H20ClF3N4O4S. The number of carbonyl (C=O) groups is 2. The van der Waals surface area contributed by atoms with Gasteiger partial charge in [0.05, 0.1) is 23.8 Å². The summed E-state index contributed by atoms with van der Waals surface area (Å²) in [6, 6.07) is 3.48. The van der Waals surface area contributed by atoms with Crippen molar-refractivity contribution in [3.05, 3.63) is 59.1 Å². The van der Waals surface area contributed by atoms with Crippen LogP contribution >= 0.6 is 11.6 Å². The lowest BCUT2D eigenvalue weighted by molar-refractivity contribution is -0.133. The van der Waals surface area contributed by atoms with Gasteiger partial charge in [0.25, 0.3) is 5.92 Å². The van der Waals surface area contributed by atoms with Crippen molar-refractivity contribution >= 4 is 39.1 Å². The molecule has 0 radical (unpaired) electrons. The molecule has 1 aliphatic heterocycles. The Balaban J connectivity index is 1.78. The Bertz CT molecular complexity index is 1220. The zero-order valence-corrected chi connectivity index (χ0v) is 19.1. The summed E-state index contributed by atoms with van der Waals surface area (Å²) in [4.78, 5) is 31.6. The first kappa shape index (κ1) is 24.4. The number of halogens is 4. The van der Waals surface area contributed by atoms with E-state index >= 15 is 0 Å². The maximum absolute atomic E-state index is 14.1. The van der Waals surface area contributed by atoms with Crippen LogP contribution in [-0.2, 0) is 19.6 Å². The molecule has 13 heteroatoms. The number of hydrogen-bond donors (Lipinski definition) is 2. The van der Waals surface area contributed by atoms with Crippen LogP contribution in [0.5, 0.6) is 0 Å². The number of aromatic nitrogens is 1. The summed E-state index contributed by atoms with van der Waals surface area (Å²) in [6.07, 6.45) is 0.828. The molecule has 182 valence electrons. The van der Waals surface area contributed by atoms with E-state index in [-0.39, 0.29) is 28.4 Å². The van der Waals surface area contributed by atoms with E-state index in [9.17, 15) is 31.2 Å². The predicted octanol–water partition coefficient (Wildman–Crippen LogP) is 2.55. The maximum atomic E-state index is 14.1. The van der Waals surface area contributed by atoms with Gasteiger partial charge in [0.15, 0.2) is 0 Å². The Kier molecular flexibility index (Phi) is 6.58. The van der Waals surface area contributed by atoms with Gasteiger partial charge in [0.2, 0.25) is 21.8 Å². The molecule has 2 atom stereocenters. The molecule has 2 N–H and O–H groups in total. The summed E-state index contributed by atoms with van der Waals surface area (Å²) in [5, 5.41) is 2.59. The second-order valence-electron chi connectivity index (χ2n) is 8.24. The van der Waals surface area contributed by atoms with Gasteiger partial charge in [-0.15, -0.1) is 0 Å². The summed E-state index contributed by atoms with van der Waals surface area (Å²) >= 11 is 6.33. The van der Waals surface area contributed by atoms with Crippen LogP contribution in [-0.4, -0.2) is 49.0 Å². The average Bonchev–Trinajstić information content (AvgIpc) is 3.10. The van der Waals surface area contributed by atoms with Crippen molar-refractivity contribution in [1.29, 1.82) is 0 Å². The number of hydrogen-bond acceptors (Lipinski definition) is 5. The van der Waals surface area contributed by atoms with Crippen molar-refractivity contribution in [2.45, 2.75) is 43.3 Å². The Hall–Kier alpha value is -2.70. The van der Waals surface area contributed by atoms with Crippen LogP contribution in [0.4, 0.5) is 18.9 Å². The van der Waals surface area contributed by atoms with E-state index in [1.54, 1.807) is 12.1 Å². The van der Waals surface area contributed by atoms with Crippen molar-refractivity contribution in [3.8, 4) is 0 Å². The summed E-state index contributed by atoms with van der Waals surface area (Å²) in [6.45, 7) is 0. The Morgan fingerprint density at radius 1 is 1.24 bits per heavy atom. The summed E-state index contributed by atoms with van der Waals surface area (Å²) in [5.74, 6) is -5.68. The monoisotopic (exact) mass is 516 g/mol. The smallest absolute Gasteiger partial charge is 0.252 e. The standard InChI is InChI=1S/C21H20ClF3N4O4S/c22-16-4-2-1-3-15(16)18(19(30)27-13-8-21(24,25)9-13)29(14-7-12(23)10-26-11-14)20(31)17-5-6-34(32,33)28-17/h1-4,7,10-11,13,17-18,28H,5-6,8-9H2,(H,27,30)/t17-,18?/m0/s1. The molecule has 34 heavy (non-hydrogen) atoms. The lowest BCUT2D eigenvalue weighted by Crippen LogP contribution is -2.55. The number of carbonyl (C=O) groups excluding carboxylic acids is 2. The maximum Gasteiger partial charge on any atom is 0.252 e. The Morgan fingerprint density at radius 3 is 2.53 bits per heavy atom. The molecule has 2 aromatic rings. The van der Waals surface area contributed by atoms with Gasteiger partial charge in [-0.2, -0.15) is 0 Å². The molecule has 1 aliphatic carbocycles. The molecule has 2 fully saturated rings. The Labute approximate surface area is 198 Å². The van der Waals surface area contributed by atoms with Gasteiger partial charge in [-0.05, 0) is 12.5 Å². The third-order valence-corrected chi connectivity index (χ3v) is 7.41. The topological polar surface area (TPSA) is 108 Å². The highest BCUT2D eigenvalue weighted by molar-refractivity contribution is 7.89. The number of rotatable bonds is 6. The van der Waals surface area contributed by atoms with Gasteiger partial charge < -0.3 is 5.32 Å². The normalized spacial score (nSPS) is 21.9. The number of nitrogens with one attached hydrogen (secondary N) is 2. The third-order valence-electron chi connectivity index (χ3n) is 5.64. The Morgan fingerprint density at radius 2 is 1.94 bits per heavy atom. The SMILES string of the molecule is O=C(NC1CC(F)(F)C1)C(c1ccccc1Cl)N(C(=O)[C@@H]1CCS(=O)(=O)N1)c1cncc(F)c1. The van der Waals surface area contributed by atoms with Crippen molar-refractivity contribution < 1.29 is 31.2 Å². The molecule has 1 saturated carbocycles. The number of nitrogens with zero attached hydrogens (tertiary/aromatic N) is 2. The lowest BCUT2D eigenvalue weighted by atomic mass is 9.87. The fourth-order valence-corrected chi connectivity index (χ4v) is 5.58. The van der Waals surface area contributed by atoms with E-state index in [4.69, 9.17) is 11.6 Å². The lowest BCUT2D eigenvalue weighted by Gasteiger charge is -2.38. The fourth-order valence-electron chi connectivity index (χ4n) is 4.02. The quantitative estimate of drug-likeness (QED) is 0.613. The first-order chi connectivity index (χ1) is 16.0. The number of sulfonamides is 1. The van der Waals surface area contributed by atoms with E-state index in [2.05, 4.69) is 15.0 Å². The van der Waals surface area contributed by atoms with Gasteiger partial charge in [-0.25, -0.2) is 26.3 Å². The van der Waals surface area contributed by atoms with E-state index < -0.39 is 64.5 Å². The van der Waals surface area contributed by atoms with Crippen molar-refractivity contribution in [3.63, 3.8) is 0 Å². The highest BCUT2D eigenvalue weighted by Gasteiger charge is 2.48. The van der Waals surface area contributed by atoms with Crippen LogP contribution < -0.4 is 14.9 Å². The second-order valence-corrected chi connectivity index (χ2v) is 10.5. The highest BCUT2D eigenvalue weighted by atomic mass is 35.5. The van der Waals surface area contributed by atoms with Crippen LogP contribution in [0.15, 0.2) is 42.7 Å². The number of benzene rings is 1. The highest BCUT2D eigenvalue weighted by Crippen LogP contribution is 2.39. The molecule has 4 rings (SSSR count). The molecule has 0 bridgehead atoms. The molecule has 2 amide bonds. The minimum absolute atomic E-state index is 0.0773. The molecule has 8 nitrogen and oxygen atoms in total. The van der Waals surface area contributed by atoms with Crippen molar-refractivity contribution in [2.75, 3.05) is 10.7 Å². The third kappa shape index (κ3) is 5.18. The number of alkyl halides is 2. The van der Waals surface area contributed by atoms with Gasteiger partial charge in [0.1, 0.15) is 17.9 Å². The van der Waals surface area contributed by atoms with Gasteiger partial charge in [-0.3, -0.25) is 19.5 Å². The molecular weight excluding hydrogens is 497 g/mol. The zero-order chi connectivity index (χ0) is 24.7. The minimum atomic E-state index is -3.71. The molecule has 1 aromatic heterocycles. The molecule has 2 aliphatic rings. The fraction of sp³-hybridized carbons (Fsp3) is 0.381. The molecule has 2 heterocycles. The van der Waals surface area contributed by atoms with E-state index in [1.807, 2.05) is 0 Å². The summed E-state index contributed by atoms with van der Waals surface area (Å²) < 4.78 is 66.8. The molecule has 1 aromatic carbocycles. The van der Waals surface area contributed by atoms with E-state index in [0.717, 1.165) is 23.4 Å². The first-order valence-electron chi connectivity index (χ1n) is 10.3. The summed E-state index contributed by atoms with van der Waals surface area (Å²) in [7, 11) is -3.71. The number of anilines is 1. The van der Waals surface area contributed by atoms with E-state index in [1.165, 1.54) is 12.1 Å². The van der Waals surface area contributed by atoms with Gasteiger partial charge in [-0.1, -0.05) is 29.8 Å². The molecule has 1 unspecified atom stereocenters. The molecule has 0 spiro atoms. The number of amides is 2. The van der Waals surface area contributed by atoms with Crippen LogP contribution in [0.1, 0.15) is 30.9 Å².